The van der Waals surface area contributed by atoms with Gasteiger partial charge < -0.3 is 0 Å². The van der Waals surface area contributed by atoms with E-state index < -0.39 is 0 Å². The first-order valence-electron chi connectivity index (χ1n) is 10.7. The Kier molecular flexibility index (Phi) is 9.12. The number of allylic oxidation sites excluding steroid dienone is 4. The maximum Gasteiger partial charge on any atom is 0.257 e. The predicted octanol–water partition coefficient (Wildman–Crippen LogP) is 7.46. The van der Waals surface area contributed by atoms with E-state index in [0.29, 0.717) is 0 Å². The van der Waals surface area contributed by atoms with Gasteiger partial charge in [-0.3, -0.25) is 9.98 Å². The molecule has 34 heavy (non-hydrogen) atoms. The first-order chi connectivity index (χ1) is 16.7. The zero-order chi connectivity index (χ0) is 23.6. The zero-order valence-electron chi connectivity index (χ0n) is 18.2. The van der Waals surface area contributed by atoms with Crippen molar-refractivity contribution in [3.05, 3.63) is 128 Å². The monoisotopic (exact) mass is 519 g/mol. The van der Waals surface area contributed by atoms with Crippen LogP contribution in [0.15, 0.2) is 117 Å². The molecule has 0 spiro atoms. The van der Waals surface area contributed by atoms with Gasteiger partial charge in [-0.25, -0.2) is 0 Å². The first kappa shape index (κ1) is 24.4. The van der Waals surface area contributed by atoms with Crippen LogP contribution in [0.3, 0.4) is 0 Å². The van der Waals surface area contributed by atoms with Crippen LogP contribution in [0.5, 0.6) is 0 Å². The fourth-order valence-electron chi connectivity index (χ4n) is 3.04. The van der Waals surface area contributed by atoms with E-state index in [2.05, 4.69) is 16.5 Å². The third-order valence-electron chi connectivity index (χ3n) is 4.78. The normalized spacial score (nSPS) is 16.4. The van der Waals surface area contributed by atoms with Crippen LogP contribution in [0.25, 0.3) is 0 Å². The summed E-state index contributed by atoms with van der Waals surface area (Å²) in [5, 5.41) is 1.45. The molecule has 2 aliphatic rings. The van der Waals surface area contributed by atoms with Crippen LogP contribution in [-0.4, -0.2) is 28.8 Å². The van der Waals surface area contributed by atoms with Gasteiger partial charge in [0.2, 0.25) is 0 Å². The van der Waals surface area contributed by atoms with Crippen LogP contribution in [-0.2, 0) is 11.4 Å². The van der Waals surface area contributed by atoms with E-state index in [1.54, 1.807) is 23.1 Å². The summed E-state index contributed by atoms with van der Waals surface area (Å²) < 4.78 is 0. The lowest BCUT2D eigenvalue weighted by Gasteiger charge is -2.07. The number of benzene rings is 2. The van der Waals surface area contributed by atoms with Crippen molar-refractivity contribution in [1.29, 1.82) is 0 Å². The molecule has 0 atom stereocenters. The van der Waals surface area contributed by atoms with E-state index in [-0.39, 0.29) is 0 Å². The van der Waals surface area contributed by atoms with Crippen molar-refractivity contribution >= 4 is 63.6 Å². The predicted molar refractivity (Wildman–Crippen MR) is 153 cm³/mol. The Morgan fingerprint density at radius 1 is 0.882 bits per heavy atom. The average Bonchev–Trinajstić information content (AvgIpc) is 2.87. The highest BCUT2D eigenvalue weighted by atomic mass is 35.5. The van der Waals surface area contributed by atoms with Crippen LogP contribution >= 0.6 is 35.0 Å². The maximum atomic E-state index is 5.97. The Bertz CT molecular complexity index is 1320. The Morgan fingerprint density at radius 2 is 1.56 bits per heavy atom. The van der Waals surface area contributed by atoms with Crippen molar-refractivity contribution in [2.45, 2.75) is 6.42 Å². The summed E-state index contributed by atoms with van der Waals surface area (Å²) in [4.78, 5) is 11.7. The largest absolute Gasteiger partial charge is 0.259 e. The molecule has 168 valence electrons. The third-order valence-corrected chi connectivity index (χ3v) is 7.66. The lowest BCUT2D eigenvalue weighted by Crippen LogP contribution is -2.04. The van der Waals surface area contributed by atoms with E-state index >= 15 is 0 Å². The van der Waals surface area contributed by atoms with Crippen LogP contribution in [0, 0.1) is 0 Å². The number of thioether (sulfide) groups is 1. The summed E-state index contributed by atoms with van der Waals surface area (Å²) in [7, 11) is 0. The van der Waals surface area contributed by atoms with E-state index in [1.807, 2.05) is 91.3 Å². The van der Waals surface area contributed by atoms with Gasteiger partial charge >= 0.3 is 0 Å². The number of hydrogen-bond acceptors (Lipinski definition) is 3. The Hall–Kier alpha value is -2.68. The summed E-state index contributed by atoms with van der Waals surface area (Å²) in [6.07, 6.45) is 14.4. The lowest BCUT2D eigenvalue weighted by atomic mass is 10.2. The van der Waals surface area contributed by atoms with Crippen LogP contribution < -0.4 is 0 Å². The van der Waals surface area contributed by atoms with E-state index in [9.17, 15) is 0 Å². The first-order valence-corrected chi connectivity index (χ1v) is 13.4. The van der Waals surface area contributed by atoms with Crippen molar-refractivity contribution in [1.82, 2.24) is 0 Å². The second kappa shape index (κ2) is 12.7. The summed E-state index contributed by atoms with van der Waals surface area (Å²) in [5.74, 6) is 1.90. The molecule has 0 unspecified atom stereocenters. The standard InChI is InChI=1S/C28H21Cl2N2S2/c29-23-13-9-21(10-14-23)19-31-25-5-1-3-7-27(25)33-17-18-34-28-8-4-2-6-26(28)32-20-22-11-15-24(30)16-12-22/h1-2,5,7-16,19-20H,6,17-18H2/q+1. The SMILES string of the molecule is Clc1ccc(C=NC2=CC=C=CC2=[S+]CCSC2=C(N=Cc3ccc(Cl)cc3)CC=C=C2)cc1. The number of aliphatic imine (C=N–C) groups is 2. The zero-order valence-corrected chi connectivity index (χ0v) is 21.4. The summed E-state index contributed by atoms with van der Waals surface area (Å²) in [6, 6.07) is 15.3. The van der Waals surface area contributed by atoms with Gasteiger partial charge in [0.25, 0.3) is 4.86 Å². The van der Waals surface area contributed by atoms with Gasteiger partial charge in [0.05, 0.1) is 11.4 Å². The van der Waals surface area contributed by atoms with Crippen molar-refractivity contribution in [2.75, 3.05) is 11.5 Å². The van der Waals surface area contributed by atoms with Crippen molar-refractivity contribution in [3.8, 4) is 0 Å². The molecule has 0 saturated heterocycles. The van der Waals surface area contributed by atoms with Gasteiger partial charge in [-0.1, -0.05) is 47.5 Å². The minimum absolute atomic E-state index is 0.720. The molecular formula is C28H21Cl2N2S2+. The number of halogens is 2. The van der Waals surface area contributed by atoms with Crippen LogP contribution in [0.1, 0.15) is 17.5 Å². The van der Waals surface area contributed by atoms with Gasteiger partial charge in [-0.2, -0.15) is 0 Å². The lowest BCUT2D eigenvalue weighted by molar-refractivity contribution is 1.15. The molecule has 0 radical (unpaired) electrons. The topological polar surface area (TPSA) is 24.7 Å². The summed E-state index contributed by atoms with van der Waals surface area (Å²) >= 11 is 15.5. The number of nitrogens with zero attached hydrogens (tertiary/aromatic N) is 2. The fourth-order valence-corrected chi connectivity index (χ4v) is 5.27. The Labute approximate surface area is 218 Å². The molecule has 6 heteroatoms. The highest BCUT2D eigenvalue weighted by Crippen LogP contribution is 2.26. The minimum Gasteiger partial charge on any atom is -0.259 e. The molecule has 0 N–H and O–H groups in total. The quantitative estimate of drug-likeness (QED) is 0.117. The molecule has 0 heterocycles. The minimum atomic E-state index is 0.720. The molecule has 0 fully saturated rings. The Morgan fingerprint density at radius 3 is 2.26 bits per heavy atom. The molecule has 2 aromatic rings. The van der Waals surface area contributed by atoms with E-state index in [4.69, 9.17) is 28.2 Å². The second-order valence-electron chi connectivity index (χ2n) is 7.24. The number of rotatable bonds is 8. The average molecular weight is 521 g/mol. The highest BCUT2D eigenvalue weighted by molar-refractivity contribution is 8.03. The van der Waals surface area contributed by atoms with Gasteiger partial charge in [0.1, 0.15) is 5.70 Å². The van der Waals surface area contributed by atoms with Crippen molar-refractivity contribution in [2.24, 2.45) is 9.98 Å². The maximum absolute atomic E-state index is 5.97. The molecule has 0 bridgehead atoms. The van der Waals surface area contributed by atoms with Gasteiger partial charge in [0, 0.05) is 39.9 Å². The molecule has 2 aliphatic carbocycles. The molecule has 2 nitrogen and oxygen atoms in total. The summed E-state index contributed by atoms with van der Waals surface area (Å²) in [5.41, 5.74) is 10.4. The highest BCUT2D eigenvalue weighted by Gasteiger charge is 2.15. The molecule has 2 aromatic carbocycles. The summed E-state index contributed by atoms with van der Waals surface area (Å²) in [6.45, 7) is 0. The van der Waals surface area contributed by atoms with E-state index in [0.717, 1.165) is 60.3 Å². The molecule has 0 amide bonds. The molecular weight excluding hydrogens is 499 g/mol. The fraction of sp³-hybridized carbons (Fsp3) is 0.107. The van der Waals surface area contributed by atoms with E-state index in [1.165, 1.54) is 0 Å². The van der Waals surface area contributed by atoms with Gasteiger partial charge in [-0.15, -0.1) is 23.2 Å². The van der Waals surface area contributed by atoms with Crippen LogP contribution in [0.4, 0.5) is 0 Å². The molecule has 0 aliphatic heterocycles. The third kappa shape index (κ3) is 7.41. The smallest absolute Gasteiger partial charge is 0.257 e. The molecule has 0 aromatic heterocycles. The molecule has 4 rings (SSSR count). The van der Waals surface area contributed by atoms with Crippen molar-refractivity contribution < 1.29 is 0 Å². The second-order valence-corrected chi connectivity index (χ2v) is 10.4. The number of hydrogen-bond donors (Lipinski definition) is 0. The Balaban J connectivity index is 1.37. The van der Waals surface area contributed by atoms with Crippen molar-refractivity contribution in [3.63, 3.8) is 0 Å². The van der Waals surface area contributed by atoms with Crippen LogP contribution in [0.2, 0.25) is 10.0 Å². The van der Waals surface area contributed by atoms with Gasteiger partial charge in [-0.05, 0) is 59.7 Å². The van der Waals surface area contributed by atoms with Gasteiger partial charge in [0.15, 0.2) is 17.1 Å². The molecule has 0 saturated carbocycles.